The van der Waals surface area contributed by atoms with Crippen molar-refractivity contribution in [3.05, 3.63) is 70.6 Å². The Hall–Kier alpha value is -1.21. The molecule has 0 aromatic carbocycles. The van der Waals surface area contributed by atoms with Crippen LogP contribution in [0, 0.1) is 0 Å². The van der Waals surface area contributed by atoms with Gasteiger partial charge in [-0.1, -0.05) is 67.3 Å². The first-order valence-electron chi connectivity index (χ1n) is 5.97. The standard InChI is InChI=1S/C16H20S/c1-4-6-10-15(8-5-2)17-16-11-7-9-14(3)12-13-16/h5-8,10-13H,2,4,9H2,1,3H3/b10-6-,15-8+. The minimum Gasteiger partial charge on any atom is -0.0990 e. The van der Waals surface area contributed by atoms with Crippen LogP contribution in [0.15, 0.2) is 70.6 Å². The van der Waals surface area contributed by atoms with Crippen LogP contribution >= 0.6 is 11.8 Å². The van der Waals surface area contributed by atoms with E-state index >= 15 is 0 Å². The molecule has 0 spiro atoms. The van der Waals surface area contributed by atoms with Gasteiger partial charge in [-0.15, -0.1) is 0 Å². The Morgan fingerprint density at radius 1 is 1.47 bits per heavy atom. The van der Waals surface area contributed by atoms with Crippen LogP contribution in [0.4, 0.5) is 0 Å². The first kappa shape index (κ1) is 13.9. The van der Waals surface area contributed by atoms with E-state index in [-0.39, 0.29) is 0 Å². The van der Waals surface area contributed by atoms with E-state index in [2.05, 4.69) is 56.9 Å². The highest BCUT2D eigenvalue weighted by Gasteiger charge is 1.99. The predicted molar refractivity (Wildman–Crippen MR) is 80.9 cm³/mol. The molecule has 17 heavy (non-hydrogen) atoms. The highest BCUT2D eigenvalue weighted by Crippen LogP contribution is 2.29. The Balaban J connectivity index is 2.77. The second kappa shape index (κ2) is 7.97. The zero-order valence-electron chi connectivity index (χ0n) is 10.6. The summed E-state index contributed by atoms with van der Waals surface area (Å²) in [6, 6.07) is 0. The molecule has 0 radical (unpaired) electrons. The van der Waals surface area contributed by atoms with Crippen LogP contribution in [-0.2, 0) is 0 Å². The summed E-state index contributed by atoms with van der Waals surface area (Å²) in [7, 11) is 0. The van der Waals surface area contributed by atoms with Crippen molar-refractivity contribution in [1.29, 1.82) is 0 Å². The maximum Gasteiger partial charge on any atom is 0.0119 e. The summed E-state index contributed by atoms with van der Waals surface area (Å²) in [6.45, 7) is 8.06. The molecule has 0 aromatic rings. The Bertz CT molecular complexity index is 403. The van der Waals surface area contributed by atoms with Crippen molar-refractivity contribution in [2.75, 3.05) is 0 Å². The van der Waals surface area contributed by atoms with Crippen LogP contribution < -0.4 is 0 Å². The molecular weight excluding hydrogens is 224 g/mol. The average Bonchev–Trinajstić information content (AvgIpc) is 2.52. The van der Waals surface area contributed by atoms with E-state index in [1.54, 1.807) is 11.8 Å². The van der Waals surface area contributed by atoms with Gasteiger partial charge < -0.3 is 0 Å². The normalized spacial score (nSPS) is 16.7. The van der Waals surface area contributed by atoms with Crippen molar-refractivity contribution in [3.63, 3.8) is 0 Å². The molecule has 0 N–H and O–H groups in total. The van der Waals surface area contributed by atoms with Crippen molar-refractivity contribution in [2.45, 2.75) is 26.7 Å². The quantitative estimate of drug-likeness (QED) is 0.572. The van der Waals surface area contributed by atoms with Crippen molar-refractivity contribution >= 4 is 11.8 Å². The lowest BCUT2D eigenvalue weighted by atomic mass is 10.2. The first-order chi connectivity index (χ1) is 8.26. The average molecular weight is 244 g/mol. The van der Waals surface area contributed by atoms with Crippen LogP contribution in [-0.4, -0.2) is 0 Å². The van der Waals surface area contributed by atoms with Gasteiger partial charge >= 0.3 is 0 Å². The lowest BCUT2D eigenvalue weighted by molar-refractivity contribution is 1.22. The molecule has 1 aliphatic rings. The van der Waals surface area contributed by atoms with Gasteiger partial charge in [0.05, 0.1) is 0 Å². The highest BCUT2D eigenvalue weighted by molar-refractivity contribution is 8.07. The molecule has 0 heterocycles. The van der Waals surface area contributed by atoms with E-state index < -0.39 is 0 Å². The van der Waals surface area contributed by atoms with Gasteiger partial charge in [-0.25, -0.2) is 0 Å². The second-order valence-corrected chi connectivity index (χ2v) is 5.05. The van der Waals surface area contributed by atoms with Crippen LogP contribution in [0.2, 0.25) is 0 Å². The summed E-state index contributed by atoms with van der Waals surface area (Å²) in [5.41, 5.74) is 1.40. The molecule has 1 rings (SSSR count). The van der Waals surface area contributed by atoms with Crippen LogP contribution in [0.3, 0.4) is 0 Å². The highest BCUT2D eigenvalue weighted by atomic mass is 32.2. The smallest absolute Gasteiger partial charge is 0.0119 e. The van der Waals surface area contributed by atoms with Gasteiger partial charge in [0.1, 0.15) is 0 Å². The molecule has 0 saturated heterocycles. The summed E-state index contributed by atoms with van der Waals surface area (Å²) in [5.74, 6) is 0. The molecule has 0 fully saturated rings. The Morgan fingerprint density at radius 2 is 2.29 bits per heavy atom. The molecule has 0 nitrogen and oxygen atoms in total. The molecular formula is C16H20S. The number of thioether (sulfide) groups is 1. The molecule has 0 saturated carbocycles. The van der Waals surface area contributed by atoms with Crippen molar-refractivity contribution in [1.82, 2.24) is 0 Å². The molecule has 0 aliphatic heterocycles. The van der Waals surface area contributed by atoms with Gasteiger partial charge in [-0.3, -0.25) is 0 Å². The number of rotatable bonds is 5. The van der Waals surface area contributed by atoms with E-state index in [4.69, 9.17) is 0 Å². The molecule has 0 atom stereocenters. The molecule has 0 bridgehead atoms. The number of allylic oxidation sites excluding steroid dienone is 9. The molecule has 0 unspecified atom stereocenters. The van der Waals surface area contributed by atoms with E-state index in [9.17, 15) is 0 Å². The molecule has 90 valence electrons. The van der Waals surface area contributed by atoms with Gasteiger partial charge in [0.25, 0.3) is 0 Å². The third kappa shape index (κ3) is 5.60. The minimum absolute atomic E-state index is 1.05. The fourth-order valence-electron chi connectivity index (χ4n) is 1.39. The summed E-state index contributed by atoms with van der Waals surface area (Å²) in [5, 5.41) is 0. The monoisotopic (exact) mass is 244 g/mol. The largest absolute Gasteiger partial charge is 0.0990 e. The van der Waals surface area contributed by atoms with Crippen LogP contribution in [0.1, 0.15) is 26.7 Å². The lowest BCUT2D eigenvalue weighted by Gasteiger charge is -2.01. The van der Waals surface area contributed by atoms with E-state index in [1.165, 1.54) is 15.4 Å². The van der Waals surface area contributed by atoms with E-state index in [0.717, 1.165) is 12.8 Å². The number of hydrogen-bond acceptors (Lipinski definition) is 1. The minimum atomic E-state index is 1.05. The fraction of sp³-hybridized carbons (Fsp3) is 0.250. The topological polar surface area (TPSA) is 0 Å². The second-order valence-electron chi connectivity index (χ2n) is 3.91. The predicted octanol–water partition coefficient (Wildman–Crippen LogP) is 5.55. The van der Waals surface area contributed by atoms with E-state index in [1.807, 2.05) is 12.2 Å². The molecule has 0 aromatic heterocycles. The summed E-state index contributed by atoms with van der Waals surface area (Å²) in [4.78, 5) is 2.50. The Morgan fingerprint density at radius 3 is 3.00 bits per heavy atom. The van der Waals surface area contributed by atoms with Gasteiger partial charge in [0.2, 0.25) is 0 Å². The number of hydrogen-bond donors (Lipinski definition) is 0. The van der Waals surface area contributed by atoms with Crippen LogP contribution in [0.25, 0.3) is 0 Å². The van der Waals surface area contributed by atoms with Crippen molar-refractivity contribution in [3.8, 4) is 0 Å². The maximum atomic E-state index is 3.76. The van der Waals surface area contributed by atoms with Crippen LogP contribution in [0.5, 0.6) is 0 Å². The first-order valence-corrected chi connectivity index (χ1v) is 6.79. The van der Waals surface area contributed by atoms with Gasteiger partial charge in [-0.2, -0.15) is 0 Å². The summed E-state index contributed by atoms with van der Waals surface area (Å²) < 4.78 is 0. The zero-order valence-corrected chi connectivity index (χ0v) is 11.5. The van der Waals surface area contributed by atoms with Gasteiger partial charge in [0.15, 0.2) is 0 Å². The summed E-state index contributed by atoms with van der Waals surface area (Å²) in [6.07, 6.45) is 19.1. The van der Waals surface area contributed by atoms with Crippen molar-refractivity contribution < 1.29 is 0 Å². The molecule has 1 heteroatoms. The molecule has 0 amide bonds. The van der Waals surface area contributed by atoms with Gasteiger partial charge in [-0.05, 0) is 31.9 Å². The Labute approximate surface area is 109 Å². The third-order valence-electron chi connectivity index (χ3n) is 2.29. The summed E-state index contributed by atoms with van der Waals surface area (Å²) >= 11 is 1.78. The lowest BCUT2D eigenvalue weighted by Crippen LogP contribution is -1.73. The maximum absolute atomic E-state index is 3.76. The van der Waals surface area contributed by atoms with E-state index in [0.29, 0.717) is 0 Å². The fourth-order valence-corrected chi connectivity index (χ4v) is 2.29. The zero-order chi connectivity index (χ0) is 12.5. The third-order valence-corrected chi connectivity index (χ3v) is 3.31. The van der Waals surface area contributed by atoms with Gasteiger partial charge in [0, 0.05) is 9.81 Å². The SMILES string of the molecule is C=C/C=C(\C=C/CC)SC1=CC=C(C)CC=C1. The molecule has 1 aliphatic carbocycles. The Kier molecular flexibility index (Phi) is 6.49. The van der Waals surface area contributed by atoms with Crippen molar-refractivity contribution in [2.24, 2.45) is 0 Å².